The van der Waals surface area contributed by atoms with Gasteiger partial charge < -0.3 is 0 Å². The lowest BCUT2D eigenvalue weighted by molar-refractivity contribution is 0.0642. The molecule has 3 aromatic rings. The molecule has 124 valence electrons. The first-order valence-corrected chi connectivity index (χ1v) is 7.99. The van der Waals surface area contributed by atoms with Gasteiger partial charge in [0.2, 0.25) is 5.82 Å². The predicted octanol–water partition coefficient (Wildman–Crippen LogP) is 2.16. The zero-order chi connectivity index (χ0) is 17.4. The van der Waals surface area contributed by atoms with Gasteiger partial charge in [0.1, 0.15) is 0 Å². The number of hydrogen-bond acceptors (Lipinski definition) is 5. The molecule has 25 heavy (non-hydrogen) atoms. The number of rotatable bonds is 4. The highest BCUT2D eigenvalue weighted by Gasteiger charge is 2.34. The zero-order valence-electron chi connectivity index (χ0n) is 13.6. The van der Waals surface area contributed by atoms with Crippen LogP contribution in [0.5, 0.6) is 0 Å². The Morgan fingerprint density at radius 1 is 0.920 bits per heavy atom. The van der Waals surface area contributed by atoms with E-state index in [1.165, 1.54) is 9.70 Å². The van der Waals surface area contributed by atoms with Crippen molar-refractivity contribution >= 4 is 11.8 Å². The van der Waals surface area contributed by atoms with Crippen molar-refractivity contribution in [2.75, 3.05) is 0 Å². The van der Waals surface area contributed by atoms with Crippen LogP contribution in [-0.4, -0.2) is 36.9 Å². The number of aromatic nitrogens is 4. The highest BCUT2D eigenvalue weighted by atomic mass is 16.2. The number of nitrogens with zero attached hydrogens (tertiary/aromatic N) is 5. The number of carbonyl (C=O) groups is 2. The molecule has 7 heteroatoms. The number of fused-ring (bicyclic) bond motifs is 1. The molecule has 7 nitrogen and oxygen atoms in total. The Labute approximate surface area is 143 Å². The quantitative estimate of drug-likeness (QED) is 0.683. The summed E-state index contributed by atoms with van der Waals surface area (Å²) in [7, 11) is 0. The van der Waals surface area contributed by atoms with Gasteiger partial charge in [-0.1, -0.05) is 36.4 Å². The summed E-state index contributed by atoms with van der Waals surface area (Å²) in [4.78, 5) is 27.6. The summed E-state index contributed by atoms with van der Waals surface area (Å²) in [6.07, 6.45) is 0. The van der Waals surface area contributed by atoms with E-state index in [0.29, 0.717) is 23.5 Å². The highest BCUT2D eigenvalue weighted by molar-refractivity contribution is 6.21. The third kappa shape index (κ3) is 2.59. The SMILES string of the molecule is CCn1nnc(-c2ccc(CN3C(=O)c4ccccc4C3=O)cc2)n1. The van der Waals surface area contributed by atoms with Crippen molar-refractivity contribution in [3.63, 3.8) is 0 Å². The molecule has 0 atom stereocenters. The zero-order valence-corrected chi connectivity index (χ0v) is 13.6. The first-order chi connectivity index (χ1) is 12.2. The molecule has 0 unspecified atom stereocenters. The predicted molar refractivity (Wildman–Crippen MR) is 89.6 cm³/mol. The fourth-order valence-electron chi connectivity index (χ4n) is 2.82. The van der Waals surface area contributed by atoms with E-state index in [-0.39, 0.29) is 18.4 Å². The van der Waals surface area contributed by atoms with Gasteiger partial charge in [-0.05, 0) is 29.8 Å². The molecule has 0 fully saturated rings. The van der Waals surface area contributed by atoms with Crippen molar-refractivity contribution in [2.45, 2.75) is 20.0 Å². The second-order valence-corrected chi connectivity index (χ2v) is 5.74. The van der Waals surface area contributed by atoms with Crippen LogP contribution >= 0.6 is 0 Å². The van der Waals surface area contributed by atoms with E-state index in [2.05, 4.69) is 15.4 Å². The molecule has 2 heterocycles. The highest BCUT2D eigenvalue weighted by Crippen LogP contribution is 2.24. The number of benzene rings is 2. The molecule has 0 spiro atoms. The van der Waals surface area contributed by atoms with Crippen LogP contribution in [0.4, 0.5) is 0 Å². The Kier molecular flexibility index (Phi) is 3.61. The van der Waals surface area contributed by atoms with Crippen LogP contribution in [0.15, 0.2) is 48.5 Å². The maximum atomic E-state index is 12.4. The van der Waals surface area contributed by atoms with Crippen LogP contribution in [0.2, 0.25) is 0 Å². The molecular formula is C18H15N5O2. The maximum Gasteiger partial charge on any atom is 0.261 e. The van der Waals surface area contributed by atoms with Gasteiger partial charge in [0.15, 0.2) is 0 Å². The topological polar surface area (TPSA) is 81.0 Å². The Morgan fingerprint density at radius 3 is 2.12 bits per heavy atom. The molecule has 0 saturated carbocycles. The first-order valence-electron chi connectivity index (χ1n) is 7.99. The van der Waals surface area contributed by atoms with Crippen molar-refractivity contribution < 1.29 is 9.59 Å². The third-order valence-electron chi connectivity index (χ3n) is 4.17. The van der Waals surface area contributed by atoms with Crippen molar-refractivity contribution in [1.29, 1.82) is 0 Å². The number of amides is 2. The monoisotopic (exact) mass is 333 g/mol. The van der Waals surface area contributed by atoms with Crippen molar-refractivity contribution in [1.82, 2.24) is 25.1 Å². The van der Waals surface area contributed by atoms with Crippen LogP contribution in [0, 0.1) is 0 Å². The molecule has 1 aliphatic heterocycles. The normalized spacial score (nSPS) is 13.4. The molecule has 1 aromatic heterocycles. The van der Waals surface area contributed by atoms with E-state index in [1.54, 1.807) is 24.3 Å². The van der Waals surface area contributed by atoms with Crippen molar-refractivity contribution in [3.8, 4) is 11.4 Å². The van der Waals surface area contributed by atoms with Gasteiger partial charge in [0.05, 0.1) is 24.2 Å². The maximum absolute atomic E-state index is 12.4. The number of aryl methyl sites for hydroxylation is 1. The van der Waals surface area contributed by atoms with Gasteiger partial charge in [0.25, 0.3) is 11.8 Å². The number of carbonyl (C=O) groups excluding carboxylic acids is 2. The lowest BCUT2D eigenvalue weighted by atomic mass is 10.1. The van der Waals surface area contributed by atoms with Gasteiger partial charge in [-0.15, -0.1) is 10.2 Å². The standard InChI is InChI=1S/C18H15N5O2/c1-2-23-20-16(19-21-23)13-9-7-12(8-10-13)11-22-17(24)14-5-3-4-6-15(14)18(22)25/h3-10H,2,11H2,1H3. The van der Waals surface area contributed by atoms with Gasteiger partial charge in [-0.25, -0.2) is 0 Å². The molecule has 2 amide bonds. The van der Waals surface area contributed by atoms with Crippen LogP contribution in [0.1, 0.15) is 33.2 Å². The number of tetrazole rings is 1. The minimum absolute atomic E-state index is 0.238. The molecule has 2 aromatic carbocycles. The first kappa shape index (κ1) is 15.2. The number of imide groups is 1. The van der Waals surface area contributed by atoms with E-state index < -0.39 is 0 Å². The average molecular weight is 333 g/mol. The van der Waals surface area contributed by atoms with Crippen LogP contribution in [0.25, 0.3) is 11.4 Å². The average Bonchev–Trinajstić information content (AvgIpc) is 3.22. The summed E-state index contributed by atoms with van der Waals surface area (Å²) < 4.78 is 0. The largest absolute Gasteiger partial charge is 0.270 e. The second kappa shape index (κ2) is 5.94. The van der Waals surface area contributed by atoms with Gasteiger partial charge in [-0.2, -0.15) is 4.80 Å². The molecule has 0 N–H and O–H groups in total. The Balaban J connectivity index is 1.54. The lowest BCUT2D eigenvalue weighted by Gasteiger charge is -2.13. The van der Waals surface area contributed by atoms with E-state index in [1.807, 2.05) is 31.2 Å². The van der Waals surface area contributed by atoms with Gasteiger partial charge in [-0.3, -0.25) is 14.5 Å². The molecule has 0 saturated heterocycles. The molecule has 4 rings (SSSR count). The smallest absolute Gasteiger partial charge is 0.261 e. The number of hydrogen-bond donors (Lipinski definition) is 0. The third-order valence-corrected chi connectivity index (χ3v) is 4.17. The molecule has 1 aliphatic rings. The van der Waals surface area contributed by atoms with E-state index >= 15 is 0 Å². The summed E-state index contributed by atoms with van der Waals surface area (Å²) >= 11 is 0. The summed E-state index contributed by atoms with van der Waals surface area (Å²) in [5.74, 6) is 0.0450. The van der Waals surface area contributed by atoms with E-state index in [0.717, 1.165) is 11.1 Å². The summed E-state index contributed by atoms with van der Waals surface area (Å²) in [6, 6.07) is 14.4. The molecule has 0 bridgehead atoms. The van der Waals surface area contributed by atoms with E-state index in [9.17, 15) is 9.59 Å². The summed E-state index contributed by atoms with van der Waals surface area (Å²) in [6.45, 7) is 2.84. The molecular weight excluding hydrogens is 318 g/mol. The summed E-state index contributed by atoms with van der Waals surface area (Å²) in [5.41, 5.74) is 2.63. The molecule has 0 aliphatic carbocycles. The van der Waals surface area contributed by atoms with E-state index in [4.69, 9.17) is 0 Å². The fraction of sp³-hybridized carbons (Fsp3) is 0.167. The van der Waals surface area contributed by atoms with Gasteiger partial charge in [0, 0.05) is 5.56 Å². The Hall–Kier alpha value is -3.35. The van der Waals surface area contributed by atoms with Crippen LogP contribution < -0.4 is 0 Å². The Bertz CT molecular complexity index is 927. The van der Waals surface area contributed by atoms with Crippen molar-refractivity contribution in [2.24, 2.45) is 0 Å². The lowest BCUT2D eigenvalue weighted by Crippen LogP contribution is -2.29. The van der Waals surface area contributed by atoms with Gasteiger partial charge >= 0.3 is 0 Å². The van der Waals surface area contributed by atoms with Crippen LogP contribution in [0.3, 0.4) is 0 Å². The van der Waals surface area contributed by atoms with Crippen LogP contribution in [-0.2, 0) is 13.1 Å². The Morgan fingerprint density at radius 2 is 1.56 bits per heavy atom. The minimum atomic E-state index is -0.253. The van der Waals surface area contributed by atoms with Crippen molar-refractivity contribution in [3.05, 3.63) is 65.2 Å². The second-order valence-electron chi connectivity index (χ2n) is 5.74. The fourth-order valence-corrected chi connectivity index (χ4v) is 2.82. The summed E-state index contributed by atoms with van der Waals surface area (Å²) in [5, 5.41) is 12.2. The minimum Gasteiger partial charge on any atom is -0.270 e. The molecule has 0 radical (unpaired) electrons.